The number of hydrogen-bond donors (Lipinski definition) is 0. The maximum absolute atomic E-state index is 13.8. The summed E-state index contributed by atoms with van der Waals surface area (Å²) in [6, 6.07) is 0. The van der Waals surface area contributed by atoms with Crippen molar-refractivity contribution in [2.75, 3.05) is 18.0 Å². The van der Waals surface area contributed by atoms with Crippen molar-refractivity contribution in [1.29, 1.82) is 0 Å². The second kappa shape index (κ2) is 4.53. The van der Waals surface area contributed by atoms with Crippen LogP contribution in [0, 0.1) is 18.7 Å². The van der Waals surface area contributed by atoms with E-state index in [9.17, 15) is 4.39 Å². The third-order valence-corrected chi connectivity index (χ3v) is 3.11. The minimum absolute atomic E-state index is 0.0827. The minimum Gasteiger partial charge on any atom is -0.354 e. The summed E-state index contributed by atoms with van der Waals surface area (Å²) in [6.45, 7) is 5.57. The Morgan fingerprint density at radius 3 is 2.88 bits per heavy atom. The zero-order valence-corrected chi connectivity index (χ0v) is 10.3. The van der Waals surface area contributed by atoms with E-state index in [2.05, 4.69) is 16.9 Å². The van der Waals surface area contributed by atoms with Gasteiger partial charge in [-0.1, -0.05) is 18.5 Å². The van der Waals surface area contributed by atoms with E-state index in [4.69, 9.17) is 11.6 Å². The molecule has 0 bridgehead atoms. The van der Waals surface area contributed by atoms with E-state index in [-0.39, 0.29) is 5.15 Å². The normalized spacial score (nSPS) is 21.2. The van der Waals surface area contributed by atoms with Crippen LogP contribution < -0.4 is 4.90 Å². The number of hydrogen-bond acceptors (Lipinski definition) is 3. The van der Waals surface area contributed by atoms with Crippen LogP contribution >= 0.6 is 11.6 Å². The van der Waals surface area contributed by atoms with Gasteiger partial charge in [0.1, 0.15) is 5.82 Å². The number of halogens is 2. The lowest BCUT2D eigenvalue weighted by atomic mass is 10.0. The second-order valence-corrected chi connectivity index (χ2v) is 4.75. The van der Waals surface area contributed by atoms with E-state index >= 15 is 0 Å². The Balaban J connectivity index is 2.32. The van der Waals surface area contributed by atoms with Crippen molar-refractivity contribution in [3.8, 4) is 0 Å². The largest absolute Gasteiger partial charge is 0.354 e. The van der Waals surface area contributed by atoms with Crippen molar-refractivity contribution in [3.63, 3.8) is 0 Å². The number of rotatable bonds is 1. The molecule has 1 saturated heterocycles. The zero-order valence-electron chi connectivity index (χ0n) is 9.50. The lowest BCUT2D eigenvalue weighted by molar-refractivity contribution is 0.438. The van der Waals surface area contributed by atoms with Crippen molar-refractivity contribution >= 4 is 17.4 Å². The molecule has 1 aromatic rings. The van der Waals surface area contributed by atoms with Crippen LogP contribution in [0.25, 0.3) is 0 Å². The molecule has 5 heteroatoms. The molecular formula is C11H15ClFN3. The topological polar surface area (TPSA) is 29.0 Å². The van der Waals surface area contributed by atoms with Gasteiger partial charge in [-0.2, -0.15) is 4.39 Å². The average molecular weight is 244 g/mol. The summed E-state index contributed by atoms with van der Waals surface area (Å²) in [7, 11) is 0. The summed E-state index contributed by atoms with van der Waals surface area (Å²) in [5.74, 6) is 0.937. The highest BCUT2D eigenvalue weighted by Gasteiger charge is 2.22. The Labute approximate surface area is 99.6 Å². The van der Waals surface area contributed by atoms with Gasteiger partial charge in [0, 0.05) is 13.1 Å². The van der Waals surface area contributed by atoms with Gasteiger partial charge in [0.15, 0.2) is 11.0 Å². The van der Waals surface area contributed by atoms with Crippen molar-refractivity contribution in [2.24, 2.45) is 5.92 Å². The van der Waals surface area contributed by atoms with Crippen LogP contribution in [0.4, 0.5) is 10.2 Å². The van der Waals surface area contributed by atoms with E-state index in [0.717, 1.165) is 19.5 Å². The van der Waals surface area contributed by atoms with E-state index in [1.54, 1.807) is 6.92 Å². The number of nitrogens with zero attached hydrogens (tertiary/aromatic N) is 3. The van der Waals surface area contributed by atoms with Crippen LogP contribution in [0.2, 0.25) is 5.15 Å². The summed E-state index contributed by atoms with van der Waals surface area (Å²) in [6.07, 6.45) is 2.26. The van der Waals surface area contributed by atoms with Gasteiger partial charge >= 0.3 is 0 Å². The molecule has 1 aromatic heterocycles. The van der Waals surface area contributed by atoms with Crippen LogP contribution in [-0.2, 0) is 0 Å². The molecule has 0 aliphatic carbocycles. The second-order valence-electron chi connectivity index (χ2n) is 4.39. The number of aromatic nitrogens is 2. The quantitative estimate of drug-likeness (QED) is 0.711. The zero-order chi connectivity index (χ0) is 11.7. The molecule has 1 aliphatic rings. The van der Waals surface area contributed by atoms with Crippen molar-refractivity contribution < 1.29 is 4.39 Å². The van der Waals surface area contributed by atoms with Crippen LogP contribution in [0.15, 0.2) is 0 Å². The van der Waals surface area contributed by atoms with E-state index in [1.807, 2.05) is 4.90 Å². The Morgan fingerprint density at radius 2 is 2.19 bits per heavy atom. The molecule has 2 heterocycles. The van der Waals surface area contributed by atoms with E-state index in [1.165, 1.54) is 6.42 Å². The number of piperidine rings is 1. The Bertz CT molecular complexity index is 397. The molecule has 0 radical (unpaired) electrons. The molecule has 2 rings (SSSR count). The van der Waals surface area contributed by atoms with Gasteiger partial charge in [-0.15, -0.1) is 0 Å². The predicted molar refractivity (Wildman–Crippen MR) is 62.3 cm³/mol. The third-order valence-electron chi connectivity index (χ3n) is 2.86. The lowest BCUT2D eigenvalue weighted by Gasteiger charge is -2.32. The SMILES string of the molecule is Cc1nc(Cl)c(F)c(N2CCCC(C)C2)n1. The molecule has 88 valence electrons. The Kier molecular flexibility index (Phi) is 3.28. The van der Waals surface area contributed by atoms with Crippen LogP contribution in [-0.4, -0.2) is 23.1 Å². The summed E-state index contributed by atoms with van der Waals surface area (Å²) >= 11 is 5.72. The van der Waals surface area contributed by atoms with Gasteiger partial charge in [-0.25, -0.2) is 9.97 Å². The molecule has 0 spiro atoms. The van der Waals surface area contributed by atoms with Gasteiger partial charge in [-0.05, 0) is 25.7 Å². The van der Waals surface area contributed by atoms with Gasteiger partial charge in [0.05, 0.1) is 0 Å². The standard InChI is InChI=1S/C11H15ClFN3/c1-7-4-3-5-16(6-7)11-9(13)10(12)14-8(2)15-11/h7H,3-6H2,1-2H3. The molecule has 1 unspecified atom stereocenters. The summed E-state index contributed by atoms with van der Waals surface area (Å²) in [5, 5.41) is -0.0827. The first kappa shape index (κ1) is 11.6. The molecule has 1 fully saturated rings. The molecule has 3 nitrogen and oxygen atoms in total. The van der Waals surface area contributed by atoms with Crippen molar-refractivity contribution in [3.05, 3.63) is 16.8 Å². The first-order valence-electron chi connectivity index (χ1n) is 5.52. The highest BCUT2D eigenvalue weighted by molar-refractivity contribution is 6.29. The minimum atomic E-state index is -0.499. The molecule has 16 heavy (non-hydrogen) atoms. The molecule has 0 saturated carbocycles. The Morgan fingerprint density at radius 1 is 1.44 bits per heavy atom. The van der Waals surface area contributed by atoms with Crippen LogP contribution in [0.1, 0.15) is 25.6 Å². The summed E-state index contributed by atoms with van der Waals surface area (Å²) in [4.78, 5) is 9.91. The van der Waals surface area contributed by atoms with Crippen molar-refractivity contribution in [2.45, 2.75) is 26.7 Å². The van der Waals surface area contributed by atoms with E-state index in [0.29, 0.717) is 17.6 Å². The maximum atomic E-state index is 13.8. The first-order chi connectivity index (χ1) is 7.58. The monoisotopic (exact) mass is 243 g/mol. The fourth-order valence-corrected chi connectivity index (χ4v) is 2.31. The molecule has 0 N–H and O–H groups in total. The van der Waals surface area contributed by atoms with Crippen LogP contribution in [0.3, 0.4) is 0 Å². The van der Waals surface area contributed by atoms with Gasteiger partial charge < -0.3 is 4.90 Å². The van der Waals surface area contributed by atoms with E-state index < -0.39 is 5.82 Å². The third kappa shape index (κ3) is 2.26. The smallest absolute Gasteiger partial charge is 0.202 e. The fraction of sp³-hybridized carbons (Fsp3) is 0.636. The summed E-state index contributed by atoms with van der Waals surface area (Å²) in [5.41, 5.74) is 0. The molecule has 1 atom stereocenters. The Hall–Kier alpha value is -0.900. The molecular weight excluding hydrogens is 229 g/mol. The van der Waals surface area contributed by atoms with Gasteiger partial charge in [0.25, 0.3) is 0 Å². The fourth-order valence-electron chi connectivity index (χ4n) is 2.10. The molecule has 0 amide bonds. The number of anilines is 1. The predicted octanol–water partition coefficient (Wildman–Crippen LogP) is 2.81. The number of aryl methyl sites for hydroxylation is 1. The average Bonchev–Trinajstić information content (AvgIpc) is 2.23. The van der Waals surface area contributed by atoms with Crippen molar-refractivity contribution in [1.82, 2.24) is 9.97 Å². The first-order valence-corrected chi connectivity index (χ1v) is 5.90. The van der Waals surface area contributed by atoms with Gasteiger partial charge in [-0.3, -0.25) is 0 Å². The maximum Gasteiger partial charge on any atom is 0.202 e. The molecule has 1 aliphatic heterocycles. The molecule has 0 aromatic carbocycles. The summed E-state index contributed by atoms with van der Waals surface area (Å²) < 4.78 is 13.8. The lowest BCUT2D eigenvalue weighted by Crippen LogP contribution is -2.35. The van der Waals surface area contributed by atoms with Crippen LogP contribution in [0.5, 0.6) is 0 Å². The highest BCUT2D eigenvalue weighted by atomic mass is 35.5. The van der Waals surface area contributed by atoms with Gasteiger partial charge in [0.2, 0.25) is 5.82 Å². The highest BCUT2D eigenvalue weighted by Crippen LogP contribution is 2.26.